The van der Waals surface area contributed by atoms with Crippen LogP contribution in [0.15, 0.2) is 48.5 Å². The predicted octanol–water partition coefficient (Wildman–Crippen LogP) is 2.41. The van der Waals surface area contributed by atoms with Gasteiger partial charge < -0.3 is 9.64 Å². The quantitative estimate of drug-likeness (QED) is 0.503. The van der Waals surface area contributed by atoms with E-state index in [4.69, 9.17) is 9.94 Å². The Morgan fingerprint density at radius 3 is 2.62 bits per heavy atom. The molecule has 2 amide bonds. The van der Waals surface area contributed by atoms with Gasteiger partial charge in [0.15, 0.2) is 0 Å². The van der Waals surface area contributed by atoms with E-state index in [1.54, 1.807) is 42.9 Å². The lowest BCUT2D eigenvalue weighted by atomic mass is 9.96. The van der Waals surface area contributed by atoms with Crippen LogP contribution < -0.4 is 10.2 Å². The van der Waals surface area contributed by atoms with Crippen LogP contribution in [0.1, 0.15) is 27.0 Å². The van der Waals surface area contributed by atoms with Crippen molar-refractivity contribution in [3.05, 3.63) is 70.8 Å². The summed E-state index contributed by atoms with van der Waals surface area (Å²) in [4.78, 5) is 25.7. The Bertz CT molecular complexity index is 843. The van der Waals surface area contributed by atoms with Gasteiger partial charge in [0.1, 0.15) is 5.75 Å². The summed E-state index contributed by atoms with van der Waals surface area (Å²) >= 11 is 0. The van der Waals surface area contributed by atoms with Gasteiger partial charge >= 0.3 is 0 Å². The van der Waals surface area contributed by atoms with E-state index in [2.05, 4.69) is 0 Å². The van der Waals surface area contributed by atoms with Crippen LogP contribution in [0.2, 0.25) is 0 Å². The van der Waals surface area contributed by atoms with Gasteiger partial charge in [0.05, 0.1) is 7.11 Å². The summed E-state index contributed by atoms with van der Waals surface area (Å²) in [7, 11) is 1.59. The molecule has 0 spiro atoms. The lowest BCUT2D eigenvalue weighted by Gasteiger charge is -2.29. The van der Waals surface area contributed by atoms with Crippen molar-refractivity contribution >= 4 is 17.9 Å². The molecule has 0 unspecified atom stereocenters. The average molecular weight is 352 g/mol. The molecule has 0 aliphatic carbocycles. The maximum atomic E-state index is 12.7. The largest absolute Gasteiger partial charge is 0.497 e. The van der Waals surface area contributed by atoms with Crippen molar-refractivity contribution in [2.75, 3.05) is 13.7 Å². The highest BCUT2D eigenvalue weighted by molar-refractivity contribution is 5.94. The molecule has 0 bridgehead atoms. The number of hydrogen-bond acceptors (Lipinski definition) is 4. The Morgan fingerprint density at radius 2 is 1.92 bits per heavy atom. The number of benzene rings is 2. The van der Waals surface area contributed by atoms with Crippen molar-refractivity contribution in [1.29, 1.82) is 0 Å². The molecule has 2 aromatic rings. The number of nitrogens with zero attached hydrogens (tertiary/aromatic N) is 1. The summed E-state index contributed by atoms with van der Waals surface area (Å²) in [6, 6.07) is 13.0. The first-order valence-electron chi connectivity index (χ1n) is 8.28. The molecule has 26 heavy (non-hydrogen) atoms. The molecule has 0 saturated carbocycles. The number of carbonyl (C=O) groups is 2. The topological polar surface area (TPSA) is 78.9 Å². The molecular formula is C20H20N2O4. The summed E-state index contributed by atoms with van der Waals surface area (Å²) in [6.07, 6.45) is 3.67. The van der Waals surface area contributed by atoms with Crippen molar-refractivity contribution in [2.24, 2.45) is 0 Å². The van der Waals surface area contributed by atoms with Crippen LogP contribution in [-0.4, -0.2) is 35.6 Å². The molecule has 1 aliphatic heterocycles. The number of hydroxylamine groups is 1. The molecule has 2 aromatic carbocycles. The normalized spacial score (nSPS) is 13.4. The Balaban J connectivity index is 1.76. The second-order valence-electron chi connectivity index (χ2n) is 6.04. The second-order valence-corrected chi connectivity index (χ2v) is 6.04. The van der Waals surface area contributed by atoms with Gasteiger partial charge in [-0.3, -0.25) is 14.8 Å². The Morgan fingerprint density at radius 1 is 1.15 bits per heavy atom. The summed E-state index contributed by atoms with van der Waals surface area (Å²) in [6.45, 7) is 1.19. The van der Waals surface area contributed by atoms with Gasteiger partial charge in [-0.1, -0.05) is 12.1 Å². The molecule has 1 heterocycles. The Kier molecular flexibility index (Phi) is 5.34. The SMILES string of the molecule is COc1ccc(C(=O)N2CCc3ccc(/C=C/C(=O)NO)cc3C2)cc1. The van der Waals surface area contributed by atoms with Crippen LogP contribution in [0.25, 0.3) is 6.08 Å². The minimum Gasteiger partial charge on any atom is -0.497 e. The molecule has 0 saturated heterocycles. The average Bonchev–Trinajstić information content (AvgIpc) is 2.70. The molecule has 1 aliphatic rings. The number of fused-ring (bicyclic) bond motifs is 1. The van der Waals surface area contributed by atoms with Gasteiger partial charge in [-0.2, -0.15) is 0 Å². The summed E-state index contributed by atoms with van der Waals surface area (Å²) in [5.41, 5.74) is 5.29. The van der Waals surface area contributed by atoms with E-state index in [1.807, 2.05) is 23.1 Å². The van der Waals surface area contributed by atoms with Crippen LogP contribution in [-0.2, 0) is 17.8 Å². The minimum atomic E-state index is -0.584. The monoisotopic (exact) mass is 352 g/mol. The van der Waals surface area contributed by atoms with Gasteiger partial charge in [-0.15, -0.1) is 0 Å². The zero-order valence-electron chi connectivity index (χ0n) is 14.4. The number of hydrogen-bond donors (Lipinski definition) is 2. The fourth-order valence-electron chi connectivity index (χ4n) is 2.98. The zero-order chi connectivity index (χ0) is 18.5. The zero-order valence-corrected chi connectivity index (χ0v) is 14.4. The third-order valence-corrected chi connectivity index (χ3v) is 4.40. The maximum absolute atomic E-state index is 12.7. The molecule has 3 rings (SSSR count). The third kappa shape index (κ3) is 3.92. The first kappa shape index (κ1) is 17.7. The van der Waals surface area contributed by atoms with Crippen LogP contribution in [0.5, 0.6) is 5.75 Å². The number of carbonyl (C=O) groups excluding carboxylic acids is 2. The smallest absolute Gasteiger partial charge is 0.267 e. The molecule has 0 atom stereocenters. The highest BCUT2D eigenvalue weighted by Gasteiger charge is 2.21. The Hall–Kier alpha value is -3.12. The predicted molar refractivity (Wildman–Crippen MR) is 96.8 cm³/mol. The number of ether oxygens (including phenoxy) is 1. The third-order valence-electron chi connectivity index (χ3n) is 4.40. The number of rotatable bonds is 4. The standard InChI is InChI=1S/C20H20N2O4/c1-26-18-7-5-16(6-8-18)20(24)22-11-10-15-4-2-14(12-17(15)13-22)3-9-19(23)21-25/h2-9,12,25H,10-11,13H2,1H3,(H,21,23)/b9-3+. The fourth-order valence-corrected chi connectivity index (χ4v) is 2.98. The van der Waals surface area contributed by atoms with Crippen molar-refractivity contribution in [3.8, 4) is 5.75 Å². The van der Waals surface area contributed by atoms with Crippen molar-refractivity contribution in [1.82, 2.24) is 10.4 Å². The van der Waals surface area contributed by atoms with Gasteiger partial charge in [0.25, 0.3) is 11.8 Å². The molecule has 0 fully saturated rings. The molecule has 0 aromatic heterocycles. The fraction of sp³-hybridized carbons (Fsp3) is 0.200. The van der Waals surface area contributed by atoms with Crippen molar-refractivity contribution < 1.29 is 19.5 Å². The summed E-state index contributed by atoms with van der Waals surface area (Å²) < 4.78 is 5.13. The highest BCUT2D eigenvalue weighted by atomic mass is 16.5. The lowest BCUT2D eigenvalue weighted by Crippen LogP contribution is -2.35. The van der Waals surface area contributed by atoms with E-state index < -0.39 is 5.91 Å². The molecule has 134 valence electrons. The van der Waals surface area contributed by atoms with E-state index >= 15 is 0 Å². The Labute approximate surface area is 151 Å². The minimum absolute atomic E-state index is 0.0149. The molecule has 2 N–H and O–H groups in total. The second kappa shape index (κ2) is 7.84. The molecular weight excluding hydrogens is 332 g/mol. The summed E-state index contributed by atoms with van der Waals surface area (Å²) in [5.74, 6) is 0.117. The number of amides is 2. The maximum Gasteiger partial charge on any atom is 0.267 e. The van der Waals surface area contributed by atoms with E-state index in [0.29, 0.717) is 24.4 Å². The van der Waals surface area contributed by atoms with E-state index in [0.717, 1.165) is 17.5 Å². The van der Waals surface area contributed by atoms with E-state index in [1.165, 1.54) is 11.6 Å². The number of nitrogens with one attached hydrogen (secondary N) is 1. The van der Waals surface area contributed by atoms with Crippen LogP contribution >= 0.6 is 0 Å². The van der Waals surface area contributed by atoms with E-state index in [-0.39, 0.29) is 5.91 Å². The number of methoxy groups -OCH3 is 1. The van der Waals surface area contributed by atoms with E-state index in [9.17, 15) is 9.59 Å². The van der Waals surface area contributed by atoms with Crippen molar-refractivity contribution in [2.45, 2.75) is 13.0 Å². The van der Waals surface area contributed by atoms with Crippen LogP contribution in [0, 0.1) is 0 Å². The first-order chi connectivity index (χ1) is 12.6. The molecule has 6 nitrogen and oxygen atoms in total. The van der Waals surface area contributed by atoms with Crippen LogP contribution in [0.3, 0.4) is 0 Å². The molecule has 0 radical (unpaired) electrons. The highest BCUT2D eigenvalue weighted by Crippen LogP contribution is 2.23. The van der Waals surface area contributed by atoms with Gasteiger partial charge in [-0.05, 0) is 59.5 Å². The van der Waals surface area contributed by atoms with Gasteiger partial charge in [-0.25, -0.2) is 5.48 Å². The summed E-state index contributed by atoms with van der Waals surface area (Å²) in [5, 5.41) is 8.54. The van der Waals surface area contributed by atoms with Gasteiger partial charge in [0.2, 0.25) is 0 Å². The first-order valence-corrected chi connectivity index (χ1v) is 8.28. The van der Waals surface area contributed by atoms with Gasteiger partial charge in [0, 0.05) is 24.7 Å². The van der Waals surface area contributed by atoms with Crippen molar-refractivity contribution in [3.63, 3.8) is 0 Å². The van der Waals surface area contributed by atoms with Crippen LogP contribution in [0.4, 0.5) is 0 Å². The lowest BCUT2D eigenvalue weighted by molar-refractivity contribution is -0.124. The molecule has 6 heteroatoms.